The predicted octanol–water partition coefficient (Wildman–Crippen LogP) is 3.39. The third kappa shape index (κ3) is 3.29. The number of fused-ring (bicyclic) bond motifs is 1. The van der Waals surface area contributed by atoms with Gasteiger partial charge in [0.05, 0.1) is 6.42 Å². The van der Waals surface area contributed by atoms with Crippen LogP contribution in [0.2, 0.25) is 0 Å². The number of aryl methyl sites for hydroxylation is 1. The third-order valence-electron chi connectivity index (χ3n) is 4.44. The van der Waals surface area contributed by atoms with Crippen LogP contribution in [0.15, 0.2) is 54.6 Å². The molecule has 0 aliphatic carbocycles. The number of benzene rings is 2. The molecule has 3 aromatic rings. The Hall–Kier alpha value is -2.55. The fourth-order valence-corrected chi connectivity index (χ4v) is 3.09. The second-order valence-corrected chi connectivity index (χ2v) is 5.90. The van der Waals surface area contributed by atoms with Gasteiger partial charge >= 0.3 is 0 Å². The number of hydrogen-bond acceptors (Lipinski definition) is 1. The van der Waals surface area contributed by atoms with E-state index in [1.54, 1.807) is 0 Å². The monoisotopic (exact) mass is 306 g/mol. The van der Waals surface area contributed by atoms with E-state index >= 15 is 0 Å². The van der Waals surface area contributed by atoms with Crippen LogP contribution in [0.25, 0.3) is 10.9 Å². The molecule has 0 aliphatic rings. The van der Waals surface area contributed by atoms with Crippen molar-refractivity contribution in [2.75, 3.05) is 6.54 Å². The van der Waals surface area contributed by atoms with Gasteiger partial charge in [-0.15, -0.1) is 0 Å². The van der Waals surface area contributed by atoms with Crippen molar-refractivity contribution in [1.29, 1.82) is 0 Å². The minimum Gasteiger partial charge on any atom is -0.355 e. The highest BCUT2D eigenvalue weighted by Crippen LogP contribution is 2.24. The zero-order valence-electron chi connectivity index (χ0n) is 13.7. The number of para-hydroxylation sites is 1. The summed E-state index contributed by atoms with van der Waals surface area (Å²) in [4.78, 5) is 12.0. The summed E-state index contributed by atoms with van der Waals surface area (Å²) in [6, 6.07) is 18.3. The molecule has 0 unspecified atom stereocenters. The Morgan fingerprint density at radius 3 is 2.52 bits per heavy atom. The molecule has 3 heteroatoms. The van der Waals surface area contributed by atoms with E-state index in [0.717, 1.165) is 12.0 Å². The predicted molar refractivity (Wildman–Crippen MR) is 94.5 cm³/mol. The van der Waals surface area contributed by atoms with Gasteiger partial charge < -0.3 is 9.88 Å². The molecule has 0 saturated carbocycles. The Balaban J connectivity index is 1.63. The van der Waals surface area contributed by atoms with Crippen molar-refractivity contribution in [1.82, 2.24) is 9.88 Å². The number of amides is 1. The van der Waals surface area contributed by atoms with Gasteiger partial charge in [0.25, 0.3) is 0 Å². The minimum absolute atomic E-state index is 0.0779. The van der Waals surface area contributed by atoms with Crippen molar-refractivity contribution in [3.8, 4) is 0 Å². The zero-order chi connectivity index (χ0) is 16.2. The molecule has 1 aromatic heterocycles. The van der Waals surface area contributed by atoms with E-state index in [0.29, 0.717) is 13.0 Å². The summed E-state index contributed by atoms with van der Waals surface area (Å²) in [5.74, 6) is 0.0779. The van der Waals surface area contributed by atoms with E-state index in [1.807, 2.05) is 30.3 Å². The quantitative estimate of drug-likeness (QED) is 0.770. The standard InChI is InChI=1S/C20H22N2O/c1-15-17(18-10-6-7-11-19(18)22(15)2)12-13-21-20(23)14-16-8-4-3-5-9-16/h3-11H,12-14H2,1-2H3,(H,21,23). The van der Waals surface area contributed by atoms with E-state index in [-0.39, 0.29) is 5.91 Å². The van der Waals surface area contributed by atoms with Crippen LogP contribution >= 0.6 is 0 Å². The summed E-state index contributed by atoms with van der Waals surface area (Å²) in [5.41, 5.74) is 4.88. The molecule has 3 nitrogen and oxygen atoms in total. The number of hydrogen-bond donors (Lipinski definition) is 1. The van der Waals surface area contributed by atoms with Crippen LogP contribution in [0.5, 0.6) is 0 Å². The lowest BCUT2D eigenvalue weighted by atomic mass is 10.1. The summed E-state index contributed by atoms with van der Waals surface area (Å²) in [5, 5.41) is 4.31. The second-order valence-electron chi connectivity index (χ2n) is 5.90. The van der Waals surface area contributed by atoms with E-state index < -0.39 is 0 Å². The third-order valence-corrected chi connectivity index (χ3v) is 4.44. The highest BCUT2D eigenvalue weighted by Gasteiger charge is 2.11. The number of carbonyl (C=O) groups is 1. The Kier molecular flexibility index (Phi) is 4.47. The Labute approximate surface area is 136 Å². The van der Waals surface area contributed by atoms with Crippen molar-refractivity contribution in [2.24, 2.45) is 7.05 Å². The normalized spacial score (nSPS) is 10.9. The maximum absolute atomic E-state index is 12.0. The topological polar surface area (TPSA) is 34.0 Å². The molecular weight excluding hydrogens is 284 g/mol. The second kappa shape index (κ2) is 6.69. The lowest BCUT2D eigenvalue weighted by molar-refractivity contribution is -0.120. The van der Waals surface area contributed by atoms with E-state index in [2.05, 4.69) is 48.1 Å². The summed E-state index contributed by atoms with van der Waals surface area (Å²) in [6.07, 6.45) is 1.29. The Bertz CT molecular complexity index is 818. The smallest absolute Gasteiger partial charge is 0.224 e. The van der Waals surface area contributed by atoms with Gasteiger partial charge in [0.2, 0.25) is 5.91 Å². The first kappa shape index (κ1) is 15.3. The van der Waals surface area contributed by atoms with Crippen molar-refractivity contribution in [2.45, 2.75) is 19.8 Å². The summed E-state index contributed by atoms with van der Waals surface area (Å²) in [7, 11) is 2.09. The highest BCUT2D eigenvalue weighted by molar-refractivity contribution is 5.85. The van der Waals surface area contributed by atoms with Crippen molar-refractivity contribution >= 4 is 16.8 Å². The fraction of sp³-hybridized carbons (Fsp3) is 0.250. The maximum Gasteiger partial charge on any atom is 0.224 e. The molecule has 3 rings (SSSR count). The first-order chi connectivity index (χ1) is 11.2. The average Bonchev–Trinajstić information content (AvgIpc) is 2.81. The van der Waals surface area contributed by atoms with E-state index in [1.165, 1.54) is 22.2 Å². The van der Waals surface area contributed by atoms with Gasteiger partial charge in [-0.1, -0.05) is 48.5 Å². The molecule has 0 bridgehead atoms. The van der Waals surface area contributed by atoms with Gasteiger partial charge in [-0.3, -0.25) is 4.79 Å². The molecule has 0 spiro atoms. The van der Waals surface area contributed by atoms with Crippen LogP contribution in [-0.2, 0) is 24.7 Å². The number of nitrogens with one attached hydrogen (secondary N) is 1. The summed E-state index contributed by atoms with van der Waals surface area (Å²) < 4.78 is 2.22. The van der Waals surface area contributed by atoms with Crippen LogP contribution in [-0.4, -0.2) is 17.0 Å². The number of carbonyl (C=O) groups excluding carboxylic acids is 1. The van der Waals surface area contributed by atoms with Gasteiger partial charge in [0.1, 0.15) is 0 Å². The molecule has 23 heavy (non-hydrogen) atoms. The van der Waals surface area contributed by atoms with Crippen molar-refractivity contribution in [3.05, 3.63) is 71.4 Å². The largest absolute Gasteiger partial charge is 0.355 e. The molecule has 0 radical (unpaired) electrons. The molecule has 2 aromatic carbocycles. The summed E-state index contributed by atoms with van der Waals surface area (Å²) in [6.45, 7) is 2.81. The fourth-order valence-electron chi connectivity index (χ4n) is 3.09. The minimum atomic E-state index is 0.0779. The van der Waals surface area contributed by atoms with Gasteiger partial charge in [-0.05, 0) is 30.5 Å². The van der Waals surface area contributed by atoms with Crippen LogP contribution < -0.4 is 5.32 Å². The lowest BCUT2D eigenvalue weighted by Crippen LogP contribution is -2.27. The number of aromatic nitrogens is 1. The van der Waals surface area contributed by atoms with Gasteiger partial charge in [0.15, 0.2) is 0 Å². The van der Waals surface area contributed by atoms with Crippen molar-refractivity contribution in [3.63, 3.8) is 0 Å². The van der Waals surface area contributed by atoms with Gasteiger partial charge in [-0.25, -0.2) is 0 Å². The first-order valence-electron chi connectivity index (χ1n) is 8.00. The number of rotatable bonds is 5. The van der Waals surface area contributed by atoms with Crippen LogP contribution in [0.4, 0.5) is 0 Å². The molecular formula is C20H22N2O. The lowest BCUT2D eigenvalue weighted by Gasteiger charge is -2.06. The Morgan fingerprint density at radius 1 is 1.04 bits per heavy atom. The van der Waals surface area contributed by atoms with Crippen molar-refractivity contribution < 1.29 is 4.79 Å². The number of nitrogens with zero attached hydrogens (tertiary/aromatic N) is 1. The van der Waals surface area contributed by atoms with Crippen LogP contribution in [0, 0.1) is 6.92 Å². The van der Waals surface area contributed by atoms with E-state index in [9.17, 15) is 4.79 Å². The highest BCUT2D eigenvalue weighted by atomic mass is 16.1. The molecule has 0 atom stereocenters. The molecule has 1 amide bonds. The molecule has 1 N–H and O–H groups in total. The zero-order valence-corrected chi connectivity index (χ0v) is 13.7. The SMILES string of the molecule is Cc1c(CCNC(=O)Cc2ccccc2)c2ccccc2n1C. The maximum atomic E-state index is 12.0. The van der Waals surface area contributed by atoms with Crippen LogP contribution in [0.3, 0.4) is 0 Å². The van der Waals surface area contributed by atoms with Crippen LogP contribution in [0.1, 0.15) is 16.8 Å². The summed E-state index contributed by atoms with van der Waals surface area (Å²) >= 11 is 0. The van der Waals surface area contributed by atoms with Gasteiger partial charge in [0, 0.05) is 30.2 Å². The molecule has 0 aliphatic heterocycles. The molecule has 0 fully saturated rings. The first-order valence-corrected chi connectivity index (χ1v) is 8.00. The molecule has 118 valence electrons. The van der Waals surface area contributed by atoms with E-state index in [4.69, 9.17) is 0 Å². The molecule has 0 saturated heterocycles. The molecule has 1 heterocycles. The average molecular weight is 306 g/mol. The Morgan fingerprint density at radius 2 is 1.74 bits per heavy atom. The van der Waals surface area contributed by atoms with Gasteiger partial charge in [-0.2, -0.15) is 0 Å².